The van der Waals surface area contributed by atoms with Crippen molar-refractivity contribution in [2.75, 3.05) is 18.5 Å². The van der Waals surface area contributed by atoms with Crippen LogP contribution in [-0.2, 0) is 6.54 Å². The second-order valence-electron chi connectivity index (χ2n) is 4.51. The maximum atomic E-state index is 6.05. The summed E-state index contributed by atoms with van der Waals surface area (Å²) in [6.45, 7) is 5.91. The lowest BCUT2D eigenvalue weighted by molar-refractivity contribution is 0.340. The van der Waals surface area contributed by atoms with E-state index in [0.717, 1.165) is 22.7 Å². The normalized spacial score (nSPS) is 10.2. The number of hydrogen-bond acceptors (Lipinski definition) is 3. The van der Waals surface area contributed by atoms with E-state index in [1.807, 2.05) is 50.2 Å². The van der Waals surface area contributed by atoms with E-state index < -0.39 is 0 Å². The summed E-state index contributed by atoms with van der Waals surface area (Å²) in [5, 5.41) is 4.04. The predicted molar refractivity (Wildman–Crippen MR) is 87.6 cm³/mol. The van der Waals surface area contributed by atoms with E-state index in [4.69, 9.17) is 21.1 Å². The summed E-state index contributed by atoms with van der Waals surface area (Å²) < 4.78 is 11.1. The Morgan fingerprint density at radius 2 is 1.81 bits per heavy atom. The first-order valence-corrected chi connectivity index (χ1v) is 7.48. The van der Waals surface area contributed by atoms with E-state index in [1.165, 1.54) is 0 Å². The third-order valence-corrected chi connectivity index (χ3v) is 3.17. The highest BCUT2D eigenvalue weighted by molar-refractivity contribution is 6.30. The molecule has 2 aromatic rings. The molecule has 0 spiro atoms. The molecule has 0 heterocycles. The highest BCUT2D eigenvalue weighted by Crippen LogP contribution is 2.28. The third-order valence-electron chi connectivity index (χ3n) is 2.93. The first kappa shape index (κ1) is 15.5. The smallest absolute Gasteiger partial charge is 0.142 e. The number of halogens is 1. The molecule has 0 aliphatic carbocycles. The lowest BCUT2D eigenvalue weighted by atomic mass is 10.2. The quantitative estimate of drug-likeness (QED) is 0.800. The Bertz CT molecular complexity index is 587. The van der Waals surface area contributed by atoms with Crippen LogP contribution >= 0.6 is 11.6 Å². The van der Waals surface area contributed by atoms with Crippen LogP contribution in [0.2, 0.25) is 5.02 Å². The standard InChI is InChI=1S/C17H20ClNO2/c1-3-20-15-7-5-6-13(10-15)12-19-16-11-14(18)8-9-17(16)21-4-2/h5-11,19H,3-4,12H2,1-2H3. The zero-order valence-electron chi connectivity index (χ0n) is 12.4. The SMILES string of the molecule is CCOc1cccc(CNc2cc(Cl)ccc2OCC)c1. The van der Waals surface area contributed by atoms with Gasteiger partial charge in [0.25, 0.3) is 0 Å². The van der Waals surface area contributed by atoms with Gasteiger partial charge in [-0.05, 0) is 49.7 Å². The molecule has 0 amide bonds. The lowest BCUT2D eigenvalue weighted by Crippen LogP contribution is -2.03. The van der Waals surface area contributed by atoms with Crippen LogP contribution in [0.1, 0.15) is 19.4 Å². The molecule has 2 rings (SSSR count). The van der Waals surface area contributed by atoms with Crippen molar-refractivity contribution >= 4 is 17.3 Å². The molecule has 0 fully saturated rings. The molecule has 0 aromatic heterocycles. The van der Waals surface area contributed by atoms with Crippen LogP contribution < -0.4 is 14.8 Å². The van der Waals surface area contributed by atoms with Crippen molar-refractivity contribution in [3.05, 3.63) is 53.1 Å². The first-order valence-electron chi connectivity index (χ1n) is 7.11. The van der Waals surface area contributed by atoms with Gasteiger partial charge in [-0.25, -0.2) is 0 Å². The molecule has 3 nitrogen and oxygen atoms in total. The third kappa shape index (κ3) is 4.57. The second kappa shape index (κ2) is 7.79. The van der Waals surface area contributed by atoms with Crippen molar-refractivity contribution < 1.29 is 9.47 Å². The van der Waals surface area contributed by atoms with Gasteiger partial charge >= 0.3 is 0 Å². The topological polar surface area (TPSA) is 30.5 Å². The van der Waals surface area contributed by atoms with E-state index in [-0.39, 0.29) is 0 Å². The maximum Gasteiger partial charge on any atom is 0.142 e. The van der Waals surface area contributed by atoms with Crippen molar-refractivity contribution in [3.8, 4) is 11.5 Å². The molecule has 0 aliphatic rings. The number of rotatable bonds is 7. The van der Waals surface area contributed by atoms with E-state index in [9.17, 15) is 0 Å². The fourth-order valence-corrected chi connectivity index (χ4v) is 2.20. The molecule has 4 heteroatoms. The van der Waals surface area contributed by atoms with Crippen LogP contribution in [0.4, 0.5) is 5.69 Å². The van der Waals surface area contributed by atoms with Crippen molar-refractivity contribution in [3.63, 3.8) is 0 Å². The molecule has 0 atom stereocenters. The molecule has 0 unspecified atom stereocenters. The molecule has 0 radical (unpaired) electrons. The second-order valence-corrected chi connectivity index (χ2v) is 4.94. The van der Waals surface area contributed by atoms with E-state index in [2.05, 4.69) is 11.4 Å². The number of anilines is 1. The van der Waals surface area contributed by atoms with Crippen LogP contribution in [0.25, 0.3) is 0 Å². The molecule has 0 bridgehead atoms. The van der Waals surface area contributed by atoms with Gasteiger partial charge in [-0.2, -0.15) is 0 Å². The largest absolute Gasteiger partial charge is 0.494 e. The average molecular weight is 306 g/mol. The minimum atomic E-state index is 0.621. The summed E-state index contributed by atoms with van der Waals surface area (Å²) in [7, 11) is 0. The summed E-state index contributed by atoms with van der Waals surface area (Å²) in [6.07, 6.45) is 0. The number of hydrogen-bond donors (Lipinski definition) is 1. The Labute approximate surface area is 130 Å². The van der Waals surface area contributed by atoms with Crippen LogP contribution in [0.15, 0.2) is 42.5 Å². The average Bonchev–Trinajstić information content (AvgIpc) is 2.48. The number of ether oxygens (including phenoxy) is 2. The van der Waals surface area contributed by atoms with Gasteiger partial charge in [0.2, 0.25) is 0 Å². The monoisotopic (exact) mass is 305 g/mol. The first-order chi connectivity index (χ1) is 10.2. The minimum absolute atomic E-state index is 0.621. The lowest BCUT2D eigenvalue weighted by Gasteiger charge is -2.13. The highest BCUT2D eigenvalue weighted by atomic mass is 35.5. The van der Waals surface area contributed by atoms with Gasteiger partial charge in [-0.1, -0.05) is 23.7 Å². The summed E-state index contributed by atoms with van der Waals surface area (Å²) in [5.74, 6) is 1.69. The van der Waals surface area contributed by atoms with Gasteiger partial charge in [0.1, 0.15) is 11.5 Å². The van der Waals surface area contributed by atoms with Crippen LogP contribution in [0.5, 0.6) is 11.5 Å². The molecule has 2 aromatic carbocycles. The van der Waals surface area contributed by atoms with Crippen molar-refractivity contribution in [2.45, 2.75) is 20.4 Å². The molecule has 21 heavy (non-hydrogen) atoms. The van der Waals surface area contributed by atoms with Crippen molar-refractivity contribution in [1.82, 2.24) is 0 Å². The van der Waals surface area contributed by atoms with Gasteiger partial charge in [0.05, 0.1) is 18.9 Å². The summed E-state index contributed by atoms with van der Waals surface area (Å²) >= 11 is 6.05. The zero-order chi connectivity index (χ0) is 15.1. The van der Waals surface area contributed by atoms with Gasteiger partial charge in [-0.3, -0.25) is 0 Å². The fourth-order valence-electron chi connectivity index (χ4n) is 2.03. The Kier molecular flexibility index (Phi) is 5.76. The summed E-state index contributed by atoms with van der Waals surface area (Å²) in [5.41, 5.74) is 2.04. The van der Waals surface area contributed by atoms with Crippen LogP contribution in [0, 0.1) is 0 Å². The van der Waals surface area contributed by atoms with Crippen LogP contribution in [-0.4, -0.2) is 13.2 Å². The van der Waals surface area contributed by atoms with Crippen molar-refractivity contribution in [1.29, 1.82) is 0 Å². The molecule has 112 valence electrons. The Morgan fingerprint density at radius 1 is 1.00 bits per heavy atom. The highest BCUT2D eigenvalue weighted by Gasteiger charge is 2.05. The maximum absolute atomic E-state index is 6.05. The van der Waals surface area contributed by atoms with Crippen LogP contribution in [0.3, 0.4) is 0 Å². The zero-order valence-corrected chi connectivity index (χ0v) is 13.1. The molecule has 0 aliphatic heterocycles. The number of benzene rings is 2. The summed E-state index contributed by atoms with van der Waals surface area (Å²) in [4.78, 5) is 0. The van der Waals surface area contributed by atoms with E-state index in [1.54, 1.807) is 0 Å². The number of nitrogens with one attached hydrogen (secondary N) is 1. The van der Waals surface area contributed by atoms with Gasteiger partial charge < -0.3 is 14.8 Å². The van der Waals surface area contributed by atoms with Crippen molar-refractivity contribution in [2.24, 2.45) is 0 Å². The molecule has 1 N–H and O–H groups in total. The van der Waals surface area contributed by atoms with E-state index in [0.29, 0.717) is 24.8 Å². The van der Waals surface area contributed by atoms with Gasteiger partial charge in [0, 0.05) is 11.6 Å². The Balaban J connectivity index is 2.08. The molecule has 0 saturated heterocycles. The fraction of sp³-hybridized carbons (Fsp3) is 0.294. The van der Waals surface area contributed by atoms with Gasteiger partial charge in [0.15, 0.2) is 0 Å². The Morgan fingerprint density at radius 3 is 2.57 bits per heavy atom. The van der Waals surface area contributed by atoms with E-state index >= 15 is 0 Å². The molecule has 0 saturated carbocycles. The molecular weight excluding hydrogens is 286 g/mol. The summed E-state index contributed by atoms with van der Waals surface area (Å²) in [6, 6.07) is 13.6. The molecular formula is C17H20ClNO2. The predicted octanol–water partition coefficient (Wildman–Crippen LogP) is 4.75. The minimum Gasteiger partial charge on any atom is -0.494 e. The Hall–Kier alpha value is -1.87. The van der Waals surface area contributed by atoms with Gasteiger partial charge in [-0.15, -0.1) is 0 Å².